The molecule has 0 saturated carbocycles. The van der Waals surface area contributed by atoms with Crippen LogP contribution in [0.2, 0.25) is 0 Å². The van der Waals surface area contributed by atoms with Crippen LogP contribution in [-0.4, -0.2) is 22.4 Å². The Labute approximate surface area is 123 Å². The number of ether oxygens (including phenoxy) is 1. The van der Waals surface area contributed by atoms with Crippen molar-refractivity contribution in [3.8, 4) is 0 Å². The van der Waals surface area contributed by atoms with Crippen LogP contribution in [0.4, 0.5) is 0 Å². The molecule has 0 saturated heterocycles. The Morgan fingerprint density at radius 1 is 1.26 bits per heavy atom. The standard InChI is InChI=1S/C15H20BrNO2/c1-10-5-7-11(8-6-10)14-12(16)9-13(19-17-14)18-15(2,3)4/h5-8,12-13H,9H2,1-4H3/t12-,13+/m0/s1. The number of hydrogen-bond donors (Lipinski definition) is 0. The summed E-state index contributed by atoms with van der Waals surface area (Å²) in [7, 11) is 0. The fraction of sp³-hybridized carbons (Fsp3) is 0.533. The van der Waals surface area contributed by atoms with Crippen molar-refractivity contribution >= 4 is 21.6 Å². The molecule has 1 aromatic rings. The van der Waals surface area contributed by atoms with Gasteiger partial charge in [-0.25, -0.2) is 0 Å². The van der Waals surface area contributed by atoms with Gasteiger partial charge in [0.2, 0.25) is 6.29 Å². The first-order valence-corrected chi connectivity index (χ1v) is 7.39. The van der Waals surface area contributed by atoms with Crippen molar-refractivity contribution in [1.29, 1.82) is 0 Å². The van der Waals surface area contributed by atoms with E-state index in [4.69, 9.17) is 9.57 Å². The normalized spacial score (nSPS) is 23.7. The van der Waals surface area contributed by atoms with Crippen LogP contribution in [0.5, 0.6) is 0 Å². The van der Waals surface area contributed by atoms with Crippen molar-refractivity contribution in [3.63, 3.8) is 0 Å². The number of rotatable bonds is 2. The molecule has 0 bridgehead atoms. The van der Waals surface area contributed by atoms with Crippen LogP contribution in [-0.2, 0) is 9.57 Å². The molecule has 1 aliphatic heterocycles. The molecule has 19 heavy (non-hydrogen) atoms. The molecule has 104 valence electrons. The quantitative estimate of drug-likeness (QED) is 0.769. The topological polar surface area (TPSA) is 30.8 Å². The van der Waals surface area contributed by atoms with Crippen molar-refractivity contribution in [1.82, 2.24) is 0 Å². The first-order chi connectivity index (χ1) is 8.85. The fourth-order valence-corrected chi connectivity index (χ4v) is 2.57. The predicted octanol–water partition coefficient (Wildman–Crippen LogP) is 4.02. The lowest BCUT2D eigenvalue weighted by Gasteiger charge is -2.30. The predicted molar refractivity (Wildman–Crippen MR) is 80.8 cm³/mol. The van der Waals surface area contributed by atoms with Crippen molar-refractivity contribution in [2.75, 3.05) is 0 Å². The minimum absolute atomic E-state index is 0.149. The zero-order valence-corrected chi connectivity index (χ0v) is 13.4. The summed E-state index contributed by atoms with van der Waals surface area (Å²) in [5, 5.41) is 4.22. The molecule has 0 amide bonds. The summed E-state index contributed by atoms with van der Waals surface area (Å²) in [5.41, 5.74) is 3.02. The highest BCUT2D eigenvalue weighted by Crippen LogP contribution is 2.26. The Kier molecular flexibility index (Phi) is 4.31. The zero-order valence-electron chi connectivity index (χ0n) is 11.8. The third kappa shape index (κ3) is 4.05. The average Bonchev–Trinajstić information content (AvgIpc) is 2.29. The molecule has 1 aliphatic rings. The molecule has 1 aromatic carbocycles. The molecule has 0 fully saturated rings. The molecule has 0 spiro atoms. The highest BCUT2D eigenvalue weighted by atomic mass is 79.9. The smallest absolute Gasteiger partial charge is 0.228 e. The minimum Gasteiger partial charge on any atom is -0.363 e. The molecular weight excluding hydrogens is 306 g/mol. The van der Waals surface area contributed by atoms with E-state index in [1.165, 1.54) is 5.56 Å². The lowest BCUT2D eigenvalue weighted by atomic mass is 10.0. The molecule has 2 atom stereocenters. The van der Waals surface area contributed by atoms with Crippen molar-refractivity contribution in [2.24, 2.45) is 5.16 Å². The van der Waals surface area contributed by atoms with Crippen LogP contribution in [0.15, 0.2) is 29.4 Å². The summed E-state index contributed by atoms with van der Waals surface area (Å²) in [6.07, 6.45) is 0.461. The van der Waals surface area contributed by atoms with Gasteiger partial charge in [0.1, 0.15) is 5.71 Å². The van der Waals surface area contributed by atoms with E-state index in [1.807, 2.05) is 20.8 Å². The molecule has 0 N–H and O–H groups in total. The van der Waals surface area contributed by atoms with Gasteiger partial charge in [-0.1, -0.05) is 50.9 Å². The second-order valence-electron chi connectivity index (χ2n) is 5.81. The van der Waals surface area contributed by atoms with Crippen LogP contribution in [0.25, 0.3) is 0 Å². The number of hydrogen-bond acceptors (Lipinski definition) is 3. The van der Waals surface area contributed by atoms with Crippen LogP contribution in [0, 0.1) is 6.92 Å². The van der Waals surface area contributed by atoms with Gasteiger partial charge in [0.25, 0.3) is 0 Å². The van der Waals surface area contributed by atoms with E-state index in [2.05, 4.69) is 52.3 Å². The maximum Gasteiger partial charge on any atom is 0.228 e. The third-order valence-corrected chi connectivity index (χ3v) is 3.60. The summed E-state index contributed by atoms with van der Waals surface area (Å²) < 4.78 is 5.79. The van der Waals surface area contributed by atoms with Gasteiger partial charge in [0.15, 0.2) is 0 Å². The Hall–Kier alpha value is -0.870. The maximum absolute atomic E-state index is 5.79. The van der Waals surface area contributed by atoms with Crippen molar-refractivity contribution in [2.45, 2.75) is 50.8 Å². The van der Waals surface area contributed by atoms with Gasteiger partial charge in [-0.2, -0.15) is 0 Å². The van der Waals surface area contributed by atoms with Gasteiger partial charge < -0.3 is 9.57 Å². The summed E-state index contributed by atoms with van der Waals surface area (Å²) in [6.45, 7) is 8.11. The lowest BCUT2D eigenvalue weighted by molar-refractivity contribution is -0.200. The molecule has 0 unspecified atom stereocenters. The van der Waals surface area contributed by atoms with Gasteiger partial charge >= 0.3 is 0 Å². The minimum atomic E-state index is -0.293. The van der Waals surface area contributed by atoms with Crippen molar-refractivity contribution < 1.29 is 9.57 Å². The largest absolute Gasteiger partial charge is 0.363 e. The highest BCUT2D eigenvalue weighted by molar-refractivity contribution is 9.10. The molecular formula is C15H20BrNO2. The SMILES string of the molecule is Cc1ccc(C2=NO[C@@H](OC(C)(C)C)C[C@@H]2Br)cc1. The van der Waals surface area contributed by atoms with E-state index in [9.17, 15) is 0 Å². The first-order valence-electron chi connectivity index (χ1n) is 6.48. The molecule has 3 nitrogen and oxygen atoms in total. The maximum atomic E-state index is 5.79. The monoisotopic (exact) mass is 325 g/mol. The Balaban J connectivity index is 2.10. The van der Waals surface area contributed by atoms with E-state index in [0.29, 0.717) is 0 Å². The molecule has 2 rings (SSSR count). The van der Waals surface area contributed by atoms with E-state index >= 15 is 0 Å². The third-order valence-electron chi connectivity index (χ3n) is 2.80. The number of benzene rings is 1. The summed E-state index contributed by atoms with van der Waals surface area (Å²) in [4.78, 5) is 5.61. The molecule has 0 aromatic heterocycles. The Morgan fingerprint density at radius 2 is 1.89 bits per heavy atom. The van der Waals surface area contributed by atoms with Gasteiger partial charge in [-0.3, -0.25) is 0 Å². The first kappa shape index (κ1) is 14.5. The van der Waals surface area contributed by atoms with Gasteiger partial charge in [0.05, 0.1) is 10.4 Å². The highest BCUT2D eigenvalue weighted by Gasteiger charge is 2.30. The summed E-state index contributed by atoms with van der Waals surface area (Å²) >= 11 is 3.67. The second kappa shape index (κ2) is 5.63. The zero-order chi connectivity index (χ0) is 14.0. The van der Waals surface area contributed by atoms with Crippen molar-refractivity contribution in [3.05, 3.63) is 35.4 Å². The molecule has 1 heterocycles. The Morgan fingerprint density at radius 3 is 2.42 bits per heavy atom. The second-order valence-corrected chi connectivity index (χ2v) is 6.92. The van der Waals surface area contributed by atoms with E-state index < -0.39 is 0 Å². The number of aryl methyl sites for hydroxylation is 1. The summed E-state index contributed by atoms with van der Waals surface area (Å²) in [6, 6.07) is 8.29. The van der Waals surface area contributed by atoms with Crippen LogP contribution in [0.1, 0.15) is 38.3 Å². The average molecular weight is 326 g/mol. The molecule has 0 aliphatic carbocycles. The van der Waals surface area contributed by atoms with Gasteiger partial charge in [-0.15, -0.1) is 0 Å². The van der Waals surface area contributed by atoms with E-state index in [-0.39, 0.29) is 16.7 Å². The van der Waals surface area contributed by atoms with Crippen LogP contribution < -0.4 is 0 Å². The number of halogens is 1. The van der Waals surface area contributed by atoms with E-state index in [0.717, 1.165) is 17.7 Å². The van der Waals surface area contributed by atoms with Gasteiger partial charge in [0, 0.05) is 12.0 Å². The lowest BCUT2D eigenvalue weighted by Crippen LogP contribution is -2.35. The Bertz CT molecular complexity index is 462. The molecule has 4 heteroatoms. The van der Waals surface area contributed by atoms with E-state index in [1.54, 1.807) is 0 Å². The number of nitrogens with zero attached hydrogens (tertiary/aromatic N) is 1. The summed E-state index contributed by atoms with van der Waals surface area (Å²) in [5.74, 6) is 0. The van der Waals surface area contributed by atoms with Crippen LogP contribution in [0.3, 0.4) is 0 Å². The fourth-order valence-electron chi connectivity index (χ4n) is 1.92. The van der Waals surface area contributed by atoms with Crippen LogP contribution >= 0.6 is 15.9 Å². The number of alkyl halides is 1. The number of oxime groups is 1. The van der Waals surface area contributed by atoms with Gasteiger partial charge in [-0.05, 0) is 27.7 Å². The molecule has 0 radical (unpaired) electrons.